The zero-order chi connectivity index (χ0) is 26.3. The van der Waals surface area contributed by atoms with Crippen LogP contribution in [-0.4, -0.2) is 82.4 Å². The summed E-state index contributed by atoms with van der Waals surface area (Å²) in [7, 11) is 2.17. The summed E-state index contributed by atoms with van der Waals surface area (Å²) in [6, 6.07) is 12.5. The number of likely N-dealkylation sites (N-methyl/N-ethyl adjacent to an activating group) is 1. The molecule has 5 heterocycles. The van der Waals surface area contributed by atoms with Gasteiger partial charge in [0.05, 0.1) is 17.8 Å². The predicted octanol–water partition coefficient (Wildman–Crippen LogP) is 4.03. The minimum absolute atomic E-state index is 0.331. The Bertz CT molecular complexity index is 1500. The number of rotatable bonds is 6. The van der Waals surface area contributed by atoms with Crippen LogP contribution in [-0.2, 0) is 0 Å². The molecule has 3 aliphatic rings. The predicted molar refractivity (Wildman–Crippen MR) is 155 cm³/mol. The fraction of sp³-hybridized carbons (Fsp3) is 0.400. The molecular formula is C30H34N8O. The van der Waals surface area contributed by atoms with Gasteiger partial charge in [0.2, 0.25) is 0 Å². The number of piperazine rings is 1. The Morgan fingerprint density at radius 2 is 1.79 bits per heavy atom. The van der Waals surface area contributed by atoms with E-state index in [0.717, 1.165) is 72.9 Å². The van der Waals surface area contributed by atoms with E-state index in [2.05, 4.69) is 61.3 Å². The van der Waals surface area contributed by atoms with E-state index < -0.39 is 0 Å². The van der Waals surface area contributed by atoms with E-state index in [1.165, 1.54) is 24.1 Å². The summed E-state index contributed by atoms with van der Waals surface area (Å²) < 4.78 is 0. The number of hydrogen-bond acceptors (Lipinski definition) is 9. The van der Waals surface area contributed by atoms with Gasteiger partial charge < -0.3 is 25.1 Å². The molecule has 3 fully saturated rings. The monoisotopic (exact) mass is 522 g/mol. The zero-order valence-corrected chi connectivity index (χ0v) is 22.3. The second-order valence-electron chi connectivity index (χ2n) is 11.1. The Balaban J connectivity index is 1.21. The van der Waals surface area contributed by atoms with Gasteiger partial charge in [-0.25, -0.2) is 15.0 Å². The van der Waals surface area contributed by atoms with Crippen LogP contribution in [0, 0.1) is 0 Å². The topological polar surface area (TPSA) is 93.5 Å². The van der Waals surface area contributed by atoms with Crippen LogP contribution in [0.25, 0.3) is 22.3 Å². The highest BCUT2D eigenvalue weighted by Crippen LogP contribution is 2.45. The summed E-state index contributed by atoms with van der Waals surface area (Å²) in [5.41, 5.74) is 5.20. The Hall–Kier alpha value is -3.82. The fourth-order valence-electron chi connectivity index (χ4n) is 5.72. The van der Waals surface area contributed by atoms with Crippen LogP contribution in [0.4, 0.5) is 23.0 Å². The molecule has 1 aromatic carbocycles. The highest BCUT2D eigenvalue weighted by molar-refractivity contribution is 5.94. The van der Waals surface area contributed by atoms with Gasteiger partial charge in [-0.15, -0.1) is 0 Å². The fourth-order valence-corrected chi connectivity index (χ4v) is 5.72. The summed E-state index contributed by atoms with van der Waals surface area (Å²) in [6.45, 7) is 5.57. The molecule has 3 aromatic heterocycles. The summed E-state index contributed by atoms with van der Waals surface area (Å²) in [5, 5.41) is 14.9. The third-order valence-electron chi connectivity index (χ3n) is 8.10. The molecule has 0 bridgehead atoms. The van der Waals surface area contributed by atoms with E-state index in [1.807, 2.05) is 24.5 Å². The van der Waals surface area contributed by atoms with Crippen molar-refractivity contribution in [3.63, 3.8) is 0 Å². The Kier molecular flexibility index (Phi) is 6.25. The van der Waals surface area contributed by atoms with Crippen molar-refractivity contribution in [3.05, 3.63) is 60.6 Å². The molecule has 39 heavy (non-hydrogen) atoms. The largest absolute Gasteiger partial charge is 0.391 e. The molecular weight excluding hydrogens is 488 g/mol. The molecule has 0 radical (unpaired) electrons. The number of β-amino-alcohol motifs (C(OH)–C–C–N with tert-alkyl or cyclic N) is 1. The van der Waals surface area contributed by atoms with Crippen molar-refractivity contribution in [1.29, 1.82) is 0 Å². The Labute approximate surface area is 228 Å². The van der Waals surface area contributed by atoms with Gasteiger partial charge in [-0.2, -0.15) is 0 Å². The van der Waals surface area contributed by atoms with Gasteiger partial charge in [-0.05, 0) is 68.1 Å². The van der Waals surface area contributed by atoms with Crippen molar-refractivity contribution >= 4 is 33.9 Å². The lowest BCUT2D eigenvalue weighted by atomic mass is 10.1. The van der Waals surface area contributed by atoms with E-state index in [1.54, 1.807) is 6.20 Å². The number of nitrogens with zero attached hydrogens (tertiary/aromatic N) is 7. The van der Waals surface area contributed by atoms with Crippen LogP contribution in [0.1, 0.15) is 30.7 Å². The quantitative estimate of drug-likeness (QED) is 0.389. The number of benzene rings is 1. The average Bonchev–Trinajstić information content (AvgIpc) is 3.72. The molecule has 0 amide bonds. The number of anilines is 4. The summed E-state index contributed by atoms with van der Waals surface area (Å²) in [6.07, 6.45) is 8.40. The summed E-state index contributed by atoms with van der Waals surface area (Å²) in [5.74, 6) is 2.82. The maximum absolute atomic E-state index is 10.3. The molecule has 2 aliphatic heterocycles. The van der Waals surface area contributed by atoms with Crippen LogP contribution in [0.5, 0.6) is 0 Å². The molecule has 7 rings (SSSR count). The molecule has 9 nitrogen and oxygen atoms in total. The second-order valence-corrected chi connectivity index (χ2v) is 11.1. The van der Waals surface area contributed by atoms with E-state index in [0.29, 0.717) is 18.3 Å². The number of nitrogens with one attached hydrogen (secondary N) is 1. The van der Waals surface area contributed by atoms with Crippen molar-refractivity contribution < 1.29 is 5.11 Å². The van der Waals surface area contributed by atoms with Crippen LogP contribution < -0.4 is 15.1 Å². The number of hydrogen-bond donors (Lipinski definition) is 2. The number of fused-ring (bicyclic) bond motifs is 1. The normalized spacial score (nSPS) is 20.1. The number of aliphatic hydroxyl groups is 1. The minimum atomic E-state index is -0.331. The van der Waals surface area contributed by atoms with Crippen molar-refractivity contribution in [2.45, 2.75) is 31.3 Å². The highest BCUT2D eigenvalue weighted by Gasteiger charge is 2.31. The molecule has 4 aromatic rings. The third-order valence-corrected chi connectivity index (χ3v) is 8.10. The SMILES string of the molecule is CN1CCN(c2cccc(Nc3cc(-c4nc(N5CC[C@@H](O)C5)c5c(C6CC6)cncc5n4)ccn3)c2)CC1. The molecule has 1 aliphatic carbocycles. The van der Waals surface area contributed by atoms with Gasteiger partial charge in [-0.1, -0.05) is 6.07 Å². The van der Waals surface area contributed by atoms with Crippen LogP contribution >= 0.6 is 0 Å². The number of pyridine rings is 2. The van der Waals surface area contributed by atoms with Crippen LogP contribution in [0.2, 0.25) is 0 Å². The molecule has 200 valence electrons. The molecule has 9 heteroatoms. The summed E-state index contributed by atoms with van der Waals surface area (Å²) in [4.78, 5) is 26.2. The zero-order valence-electron chi connectivity index (χ0n) is 22.3. The Morgan fingerprint density at radius 1 is 0.923 bits per heavy atom. The lowest BCUT2D eigenvalue weighted by molar-refractivity contribution is 0.198. The van der Waals surface area contributed by atoms with Crippen molar-refractivity contribution in [1.82, 2.24) is 24.8 Å². The molecule has 1 saturated carbocycles. The number of aliphatic hydroxyl groups excluding tert-OH is 1. The second kappa shape index (κ2) is 10.1. The average molecular weight is 523 g/mol. The van der Waals surface area contributed by atoms with E-state index in [4.69, 9.17) is 9.97 Å². The maximum Gasteiger partial charge on any atom is 0.162 e. The van der Waals surface area contributed by atoms with E-state index >= 15 is 0 Å². The maximum atomic E-state index is 10.3. The molecule has 1 atom stereocenters. The van der Waals surface area contributed by atoms with Crippen LogP contribution in [0.3, 0.4) is 0 Å². The minimum Gasteiger partial charge on any atom is -0.391 e. The lowest BCUT2D eigenvalue weighted by Gasteiger charge is -2.34. The van der Waals surface area contributed by atoms with E-state index in [9.17, 15) is 5.11 Å². The van der Waals surface area contributed by atoms with Crippen molar-refractivity contribution in [2.75, 3.05) is 61.4 Å². The molecule has 0 spiro atoms. The van der Waals surface area contributed by atoms with Gasteiger partial charge in [0.25, 0.3) is 0 Å². The van der Waals surface area contributed by atoms with Gasteiger partial charge >= 0.3 is 0 Å². The van der Waals surface area contributed by atoms with Crippen LogP contribution in [0.15, 0.2) is 55.0 Å². The first-order valence-corrected chi connectivity index (χ1v) is 14.0. The van der Waals surface area contributed by atoms with E-state index in [-0.39, 0.29) is 6.10 Å². The van der Waals surface area contributed by atoms with Gasteiger partial charge in [-0.3, -0.25) is 4.98 Å². The highest BCUT2D eigenvalue weighted by atomic mass is 16.3. The van der Waals surface area contributed by atoms with Crippen molar-refractivity contribution in [3.8, 4) is 11.4 Å². The summed E-state index contributed by atoms with van der Waals surface area (Å²) >= 11 is 0. The van der Waals surface area contributed by atoms with Gasteiger partial charge in [0, 0.05) is 74.0 Å². The van der Waals surface area contributed by atoms with Gasteiger partial charge in [0.15, 0.2) is 5.82 Å². The lowest BCUT2D eigenvalue weighted by Crippen LogP contribution is -2.44. The van der Waals surface area contributed by atoms with Gasteiger partial charge in [0.1, 0.15) is 11.6 Å². The van der Waals surface area contributed by atoms with Crippen molar-refractivity contribution in [2.24, 2.45) is 0 Å². The molecule has 2 N–H and O–H groups in total. The first kappa shape index (κ1) is 24.2. The molecule has 2 saturated heterocycles. The first-order chi connectivity index (χ1) is 19.1. The Morgan fingerprint density at radius 3 is 2.59 bits per heavy atom. The number of aromatic nitrogens is 4. The first-order valence-electron chi connectivity index (χ1n) is 14.0. The third kappa shape index (κ3) is 4.99. The standard InChI is InChI=1S/C30H34N8O/c1-36-11-13-37(14-12-36)23-4-2-3-22(16-23)33-27-15-21(7-9-32-27)29-34-26-18-31-17-25(20-5-6-20)28(26)30(35-29)38-10-8-24(39)19-38/h2-4,7,9,15-18,20,24,39H,5-6,8,10-14,19H2,1H3,(H,32,33)/t24-/m1/s1. The smallest absolute Gasteiger partial charge is 0.162 e. The molecule has 0 unspecified atom stereocenters.